The van der Waals surface area contributed by atoms with E-state index < -0.39 is 0 Å². The zero-order chi connectivity index (χ0) is 18.4. The Balaban J connectivity index is 1.39. The normalized spacial score (nSPS) is 15.3. The summed E-state index contributed by atoms with van der Waals surface area (Å²) in [6, 6.07) is 4.00. The predicted molar refractivity (Wildman–Crippen MR) is 97.0 cm³/mol. The Kier molecular flexibility index (Phi) is 6.04. The summed E-state index contributed by atoms with van der Waals surface area (Å²) in [5, 5.41) is 11.0. The highest BCUT2D eigenvalue weighted by Crippen LogP contribution is 2.18. The maximum atomic E-state index is 12.3. The number of carbonyl (C=O) groups is 1. The lowest BCUT2D eigenvalue weighted by Crippen LogP contribution is -2.47. The van der Waals surface area contributed by atoms with Crippen LogP contribution in [0.3, 0.4) is 0 Å². The molecule has 0 aliphatic carbocycles. The Morgan fingerprint density at radius 1 is 1.31 bits per heavy atom. The van der Waals surface area contributed by atoms with Crippen molar-refractivity contribution >= 4 is 6.03 Å². The standard InChI is InChI=1S/C18H26N6O2/c1-14(2)24-13-21-22-17(24)5-10-20-18(25)23-11-6-16(7-12-23)26-15-3-8-19-9-4-15/h3-4,8-9,13-14,16H,5-7,10-12H2,1-2H3,(H,20,25). The van der Waals surface area contributed by atoms with Crippen molar-refractivity contribution in [2.75, 3.05) is 19.6 Å². The van der Waals surface area contributed by atoms with Crippen LogP contribution in [-0.4, -0.2) is 56.4 Å². The van der Waals surface area contributed by atoms with Crippen molar-refractivity contribution < 1.29 is 9.53 Å². The quantitative estimate of drug-likeness (QED) is 0.854. The number of pyridine rings is 1. The van der Waals surface area contributed by atoms with Crippen LogP contribution in [0.4, 0.5) is 4.79 Å². The number of ether oxygens (including phenoxy) is 1. The topological polar surface area (TPSA) is 85.2 Å². The molecule has 1 aliphatic rings. The van der Waals surface area contributed by atoms with Crippen molar-refractivity contribution in [2.45, 2.75) is 45.3 Å². The second kappa shape index (κ2) is 8.64. The lowest BCUT2D eigenvalue weighted by atomic mass is 10.1. The molecule has 0 aromatic carbocycles. The first-order valence-electron chi connectivity index (χ1n) is 9.11. The molecule has 0 unspecified atom stereocenters. The first-order valence-corrected chi connectivity index (χ1v) is 9.11. The fraction of sp³-hybridized carbons (Fsp3) is 0.556. The maximum Gasteiger partial charge on any atom is 0.317 e. The van der Waals surface area contributed by atoms with Crippen LogP contribution in [0, 0.1) is 0 Å². The fourth-order valence-corrected chi connectivity index (χ4v) is 3.06. The average Bonchev–Trinajstić information content (AvgIpc) is 3.12. The molecule has 0 spiro atoms. The van der Waals surface area contributed by atoms with Gasteiger partial charge < -0.3 is 19.5 Å². The van der Waals surface area contributed by atoms with Crippen LogP contribution in [0.15, 0.2) is 30.9 Å². The molecule has 3 rings (SSSR count). The lowest BCUT2D eigenvalue weighted by Gasteiger charge is -2.32. The van der Waals surface area contributed by atoms with Gasteiger partial charge >= 0.3 is 6.03 Å². The van der Waals surface area contributed by atoms with Crippen LogP contribution >= 0.6 is 0 Å². The van der Waals surface area contributed by atoms with Gasteiger partial charge in [-0.05, 0) is 26.0 Å². The Labute approximate surface area is 153 Å². The number of rotatable bonds is 6. The molecule has 0 radical (unpaired) electrons. The van der Waals surface area contributed by atoms with Gasteiger partial charge in [0.2, 0.25) is 0 Å². The van der Waals surface area contributed by atoms with E-state index in [0.29, 0.717) is 32.1 Å². The van der Waals surface area contributed by atoms with E-state index in [0.717, 1.165) is 24.4 Å². The van der Waals surface area contributed by atoms with E-state index in [9.17, 15) is 4.79 Å². The molecule has 0 saturated carbocycles. The zero-order valence-corrected chi connectivity index (χ0v) is 15.3. The highest BCUT2D eigenvalue weighted by molar-refractivity contribution is 5.74. The van der Waals surface area contributed by atoms with Crippen molar-refractivity contribution in [1.82, 2.24) is 30.0 Å². The van der Waals surface area contributed by atoms with Gasteiger partial charge in [0.1, 0.15) is 24.0 Å². The summed E-state index contributed by atoms with van der Waals surface area (Å²) >= 11 is 0. The van der Waals surface area contributed by atoms with Crippen molar-refractivity contribution in [1.29, 1.82) is 0 Å². The van der Waals surface area contributed by atoms with Gasteiger partial charge in [0.05, 0.1) is 0 Å². The minimum atomic E-state index is -0.0250. The van der Waals surface area contributed by atoms with Crippen molar-refractivity contribution in [3.8, 4) is 5.75 Å². The number of hydrogen-bond donors (Lipinski definition) is 1. The third-order valence-corrected chi connectivity index (χ3v) is 4.51. The Hall–Kier alpha value is -2.64. The molecule has 1 aliphatic heterocycles. The van der Waals surface area contributed by atoms with E-state index in [-0.39, 0.29) is 12.1 Å². The molecule has 26 heavy (non-hydrogen) atoms. The number of carbonyl (C=O) groups excluding carboxylic acids is 1. The highest BCUT2D eigenvalue weighted by Gasteiger charge is 2.23. The summed E-state index contributed by atoms with van der Waals surface area (Å²) in [6.45, 7) is 6.12. The molecular weight excluding hydrogens is 332 g/mol. The van der Waals surface area contributed by atoms with Crippen LogP contribution < -0.4 is 10.1 Å². The van der Waals surface area contributed by atoms with Gasteiger partial charge in [0.25, 0.3) is 0 Å². The molecule has 3 heterocycles. The first kappa shape index (κ1) is 18.2. The molecule has 1 fully saturated rings. The third kappa shape index (κ3) is 4.71. The van der Waals surface area contributed by atoms with Crippen LogP contribution in [0.5, 0.6) is 5.75 Å². The molecule has 1 saturated heterocycles. The molecular formula is C18H26N6O2. The van der Waals surface area contributed by atoms with Gasteiger partial charge in [0, 0.05) is 57.3 Å². The molecule has 1 N–H and O–H groups in total. The van der Waals surface area contributed by atoms with Crippen LogP contribution in [0.1, 0.15) is 38.6 Å². The molecule has 140 valence electrons. The molecule has 8 nitrogen and oxygen atoms in total. The van der Waals surface area contributed by atoms with Crippen molar-refractivity contribution in [2.24, 2.45) is 0 Å². The molecule has 0 bridgehead atoms. The summed E-state index contributed by atoms with van der Waals surface area (Å²) in [4.78, 5) is 18.2. The van der Waals surface area contributed by atoms with E-state index in [4.69, 9.17) is 4.74 Å². The number of aromatic nitrogens is 4. The summed E-state index contributed by atoms with van der Waals surface area (Å²) in [6.07, 6.45) is 7.65. The monoisotopic (exact) mass is 358 g/mol. The van der Waals surface area contributed by atoms with Gasteiger partial charge in [0.15, 0.2) is 0 Å². The van der Waals surface area contributed by atoms with Gasteiger partial charge in [-0.2, -0.15) is 0 Å². The summed E-state index contributed by atoms with van der Waals surface area (Å²) in [5.41, 5.74) is 0. The number of amides is 2. The van der Waals surface area contributed by atoms with E-state index in [2.05, 4.69) is 34.3 Å². The number of likely N-dealkylation sites (tertiary alicyclic amines) is 1. The largest absolute Gasteiger partial charge is 0.490 e. The minimum Gasteiger partial charge on any atom is -0.490 e. The van der Waals surface area contributed by atoms with E-state index in [1.807, 2.05) is 21.6 Å². The van der Waals surface area contributed by atoms with Gasteiger partial charge in [-0.15, -0.1) is 10.2 Å². The van der Waals surface area contributed by atoms with E-state index in [1.54, 1.807) is 18.7 Å². The molecule has 8 heteroatoms. The SMILES string of the molecule is CC(C)n1cnnc1CCNC(=O)N1CCC(Oc2ccncc2)CC1. The molecule has 2 aromatic heterocycles. The zero-order valence-electron chi connectivity index (χ0n) is 15.3. The Morgan fingerprint density at radius 2 is 2.04 bits per heavy atom. The second-order valence-electron chi connectivity index (χ2n) is 6.72. The van der Waals surface area contributed by atoms with Gasteiger partial charge in [-0.3, -0.25) is 4.98 Å². The van der Waals surface area contributed by atoms with Crippen molar-refractivity contribution in [3.63, 3.8) is 0 Å². The Morgan fingerprint density at radius 3 is 2.73 bits per heavy atom. The van der Waals surface area contributed by atoms with Crippen LogP contribution in [-0.2, 0) is 6.42 Å². The Bertz CT molecular complexity index is 695. The second-order valence-corrected chi connectivity index (χ2v) is 6.72. The molecule has 0 atom stereocenters. The van der Waals surface area contributed by atoms with Gasteiger partial charge in [-0.25, -0.2) is 4.79 Å². The summed E-state index contributed by atoms with van der Waals surface area (Å²) < 4.78 is 7.95. The lowest BCUT2D eigenvalue weighted by molar-refractivity contribution is 0.111. The highest BCUT2D eigenvalue weighted by atomic mass is 16.5. The minimum absolute atomic E-state index is 0.0250. The molecule has 2 amide bonds. The number of nitrogens with one attached hydrogen (secondary N) is 1. The van der Waals surface area contributed by atoms with E-state index >= 15 is 0 Å². The number of urea groups is 1. The fourth-order valence-electron chi connectivity index (χ4n) is 3.06. The summed E-state index contributed by atoms with van der Waals surface area (Å²) in [7, 11) is 0. The predicted octanol–water partition coefficient (Wildman–Crippen LogP) is 2.05. The number of piperidine rings is 1. The molecule has 2 aromatic rings. The smallest absolute Gasteiger partial charge is 0.317 e. The first-order chi connectivity index (χ1) is 12.6. The van der Waals surface area contributed by atoms with Crippen LogP contribution in [0.25, 0.3) is 0 Å². The average molecular weight is 358 g/mol. The maximum absolute atomic E-state index is 12.3. The third-order valence-electron chi connectivity index (χ3n) is 4.51. The van der Waals surface area contributed by atoms with Crippen molar-refractivity contribution in [3.05, 3.63) is 36.7 Å². The summed E-state index contributed by atoms with van der Waals surface area (Å²) in [5.74, 6) is 1.72. The number of hydrogen-bond acceptors (Lipinski definition) is 5. The van der Waals surface area contributed by atoms with Gasteiger partial charge in [-0.1, -0.05) is 0 Å². The van der Waals surface area contributed by atoms with E-state index in [1.165, 1.54) is 0 Å². The number of nitrogens with zero attached hydrogens (tertiary/aromatic N) is 5. The van der Waals surface area contributed by atoms with Crippen LogP contribution in [0.2, 0.25) is 0 Å².